The van der Waals surface area contributed by atoms with Crippen LogP contribution in [-0.4, -0.2) is 11.7 Å². The van der Waals surface area contributed by atoms with Crippen LogP contribution in [0.5, 0.6) is 5.75 Å². The van der Waals surface area contributed by atoms with E-state index in [2.05, 4.69) is 24.4 Å². The molecule has 0 amide bonds. The van der Waals surface area contributed by atoms with E-state index in [-0.39, 0.29) is 11.6 Å². The van der Waals surface area contributed by atoms with Gasteiger partial charge in [-0.25, -0.2) is 0 Å². The number of nitrogens with one attached hydrogen (secondary N) is 1. The third kappa shape index (κ3) is 4.17. The maximum atomic E-state index is 12.2. The molecule has 0 fully saturated rings. The molecule has 1 aromatic heterocycles. The minimum absolute atomic E-state index is 0.0509. The van der Waals surface area contributed by atoms with Crippen molar-refractivity contribution in [1.82, 2.24) is 9.88 Å². The number of rotatable bonds is 6. The monoisotopic (exact) mass is 334 g/mol. The van der Waals surface area contributed by atoms with Gasteiger partial charge in [0.2, 0.25) is 0 Å². The molecule has 0 saturated heterocycles. The van der Waals surface area contributed by atoms with E-state index in [0.717, 1.165) is 17.0 Å². The lowest BCUT2D eigenvalue weighted by Crippen LogP contribution is -2.21. The Hall–Kier alpha value is -2.85. The quantitative estimate of drug-likeness (QED) is 0.747. The van der Waals surface area contributed by atoms with Crippen molar-refractivity contribution in [1.29, 1.82) is 0 Å². The minimum atomic E-state index is -0.0509. The molecule has 2 aromatic carbocycles. The van der Waals surface area contributed by atoms with Crippen molar-refractivity contribution >= 4 is 0 Å². The maximum Gasteiger partial charge on any atom is 0.255 e. The molecule has 0 aliphatic heterocycles. The fraction of sp³-hybridized carbons (Fsp3) is 0.190. The van der Waals surface area contributed by atoms with E-state index in [1.165, 1.54) is 5.56 Å². The van der Waals surface area contributed by atoms with Gasteiger partial charge in [-0.3, -0.25) is 9.36 Å². The first-order valence-corrected chi connectivity index (χ1v) is 8.32. The Morgan fingerprint density at radius 1 is 1.00 bits per heavy atom. The Morgan fingerprint density at radius 2 is 1.72 bits per heavy atom. The van der Waals surface area contributed by atoms with Crippen molar-refractivity contribution in [2.45, 2.75) is 19.5 Å². The van der Waals surface area contributed by atoms with E-state index in [9.17, 15) is 4.79 Å². The van der Waals surface area contributed by atoms with Gasteiger partial charge in [-0.05, 0) is 42.3 Å². The van der Waals surface area contributed by atoms with E-state index in [1.807, 2.05) is 54.7 Å². The zero-order valence-electron chi connectivity index (χ0n) is 14.5. The molecule has 0 radical (unpaired) electrons. The normalized spacial score (nSPS) is 11.9. The molecule has 1 N–H and O–H groups in total. The molecule has 1 atom stereocenters. The first-order chi connectivity index (χ1) is 12.2. The van der Waals surface area contributed by atoms with Gasteiger partial charge in [-0.1, -0.05) is 36.4 Å². The van der Waals surface area contributed by atoms with Crippen LogP contribution in [0.15, 0.2) is 77.7 Å². The van der Waals surface area contributed by atoms with E-state index in [0.29, 0.717) is 6.54 Å². The second-order valence-corrected chi connectivity index (χ2v) is 5.96. The molecular weight excluding hydrogens is 312 g/mol. The van der Waals surface area contributed by atoms with Gasteiger partial charge < -0.3 is 10.1 Å². The molecule has 3 rings (SSSR count). The molecule has 0 saturated carbocycles. The summed E-state index contributed by atoms with van der Waals surface area (Å²) in [6.45, 7) is 2.82. The zero-order chi connectivity index (χ0) is 17.6. The third-order valence-corrected chi connectivity index (χ3v) is 4.23. The Kier molecular flexibility index (Phi) is 5.31. The van der Waals surface area contributed by atoms with Crippen molar-refractivity contribution in [2.24, 2.45) is 0 Å². The van der Waals surface area contributed by atoms with E-state index in [1.54, 1.807) is 17.7 Å². The first-order valence-electron chi connectivity index (χ1n) is 8.32. The fourth-order valence-electron chi connectivity index (χ4n) is 2.71. The molecule has 25 heavy (non-hydrogen) atoms. The molecule has 3 aromatic rings. The van der Waals surface area contributed by atoms with Crippen molar-refractivity contribution in [2.75, 3.05) is 7.11 Å². The van der Waals surface area contributed by atoms with Crippen LogP contribution in [0.25, 0.3) is 5.69 Å². The van der Waals surface area contributed by atoms with Crippen LogP contribution in [0.3, 0.4) is 0 Å². The molecule has 0 bridgehead atoms. The van der Waals surface area contributed by atoms with Gasteiger partial charge in [0.15, 0.2) is 0 Å². The average Bonchev–Trinajstić information content (AvgIpc) is 2.68. The second kappa shape index (κ2) is 7.81. The molecule has 1 heterocycles. The predicted molar refractivity (Wildman–Crippen MR) is 100 cm³/mol. The number of hydrogen-bond donors (Lipinski definition) is 1. The molecule has 4 heteroatoms. The number of hydrogen-bond acceptors (Lipinski definition) is 3. The van der Waals surface area contributed by atoms with Crippen molar-refractivity contribution in [3.05, 3.63) is 94.4 Å². The largest absolute Gasteiger partial charge is 0.497 e. The number of methoxy groups -OCH3 is 1. The van der Waals surface area contributed by atoms with Gasteiger partial charge in [0.05, 0.1) is 7.11 Å². The molecular formula is C21H22N2O2. The second-order valence-electron chi connectivity index (χ2n) is 5.96. The smallest absolute Gasteiger partial charge is 0.255 e. The van der Waals surface area contributed by atoms with Gasteiger partial charge in [0, 0.05) is 30.5 Å². The third-order valence-electron chi connectivity index (χ3n) is 4.23. The lowest BCUT2D eigenvalue weighted by atomic mass is 10.1. The van der Waals surface area contributed by atoms with Crippen molar-refractivity contribution < 1.29 is 4.74 Å². The summed E-state index contributed by atoms with van der Waals surface area (Å²) in [5, 5.41) is 3.50. The summed E-state index contributed by atoms with van der Waals surface area (Å²) < 4.78 is 6.82. The number of pyridine rings is 1. The molecule has 4 nitrogen and oxygen atoms in total. The lowest BCUT2D eigenvalue weighted by molar-refractivity contribution is 0.414. The van der Waals surface area contributed by atoms with Crippen molar-refractivity contribution in [3.8, 4) is 11.4 Å². The highest BCUT2D eigenvalue weighted by atomic mass is 16.5. The standard InChI is InChI=1S/C21H22N2O2/c1-16(18-6-4-3-5-7-18)22-14-17-8-13-21(24)23(15-17)19-9-11-20(25-2)12-10-19/h3-13,15-16,22H,14H2,1-2H3. The highest BCUT2D eigenvalue weighted by Crippen LogP contribution is 2.15. The van der Waals surface area contributed by atoms with Gasteiger partial charge in [0.1, 0.15) is 5.75 Å². The van der Waals surface area contributed by atoms with Crippen LogP contribution in [0.4, 0.5) is 0 Å². The van der Waals surface area contributed by atoms with Crippen LogP contribution in [0.1, 0.15) is 24.1 Å². The summed E-state index contributed by atoms with van der Waals surface area (Å²) in [5.74, 6) is 0.770. The van der Waals surface area contributed by atoms with Crippen molar-refractivity contribution in [3.63, 3.8) is 0 Å². The number of benzene rings is 2. The van der Waals surface area contributed by atoms with Gasteiger partial charge in [0.25, 0.3) is 5.56 Å². The molecule has 0 aliphatic carbocycles. The summed E-state index contributed by atoms with van der Waals surface area (Å²) in [5.41, 5.74) is 3.07. The fourth-order valence-corrected chi connectivity index (χ4v) is 2.71. The average molecular weight is 334 g/mol. The zero-order valence-corrected chi connectivity index (χ0v) is 14.5. The topological polar surface area (TPSA) is 43.3 Å². The Bertz CT molecular complexity index is 870. The van der Waals surface area contributed by atoms with E-state index < -0.39 is 0 Å². The van der Waals surface area contributed by atoms with Crippen LogP contribution >= 0.6 is 0 Å². The maximum absolute atomic E-state index is 12.2. The highest BCUT2D eigenvalue weighted by molar-refractivity contribution is 5.38. The molecule has 0 spiro atoms. The predicted octanol–water partition coefficient (Wildman–Crippen LogP) is 3.70. The highest BCUT2D eigenvalue weighted by Gasteiger charge is 2.06. The van der Waals surface area contributed by atoms with Crippen LogP contribution in [0.2, 0.25) is 0 Å². The Balaban J connectivity index is 1.76. The van der Waals surface area contributed by atoms with Crippen LogP contribution < -0.4 is 15.6 Å². The molecule has 0 aliphatic rings. The summed E-state index contributed by atoms with van der Waals surface area (Å²) in [6, 6.07) is 21.5. The number of nitrogens with zero attached hydrogens (tertiary/aromatic N) is 1. The summed E-state index contributed by atoms with van der Waals surface area (Å²) in [6.07, 6.45) is 1.88. The SMILES string of the molecule is COc1ccc(-n2cc(CNC(C)c3ccccc3)ccc2=O)cc1. The Labute approximate surface area is 147 Å². The molecule has 1 unspecified atom stereocenters. The lowest BCUT2D eigenvalue weighted by Gasteiger charge is -2.15. The van der Waals surface area contributed by atoms with E-state index in [4.69, 9.17) is 4.74 Å². The summed E-state index contributed by atoms with van der Waals surface area (Å²) in [4.78, 5) is 12.2. The number of aromatic nitrogens is 1. The number of ether oxygens (including phenoxy) is 1. The summed E-state index contributed by atoms with van der Waals surface area (Å²) >= 11 is 0. The van der Waals surface area contributed by atoms with Crippen LogP contribution in [-0.2, 0) is 6.54 Å². The van der Waals surface area contributed by atoms with E-state index >= 15 is 0 Å². The van der Waals surface area contributed by atoms with Gasteiger partial charge >= 0.3 is 0 Å². The van der Waals surface area contributed by atoms with Gasteiger partial charge in [-0.15, -0.1) is 0 Å². The minimum Gasteiger partial charge on any atom is -0.497 e. The molecule has 128 valence electrons. The summed E-state index contributed by atoms with van der Waals surface area (Å²) in [7, 11) is 1.63. The Morgan fingerprint density at radius 3 is 2.40 bits per heavy atom. The first kappa shape index (κ1) is 17.0. The van der Waals surface area contributed by atoms with Crippen LogP contribution in [0, 0.1) is 0 Å². The van der Waals surface area contributed by atoms with Gasteiger partial charge in [-0.2, -0.15) is 0 Å².